The zero-order valence-electron chi connectivity index (χ0n) is 17.7. The summed E-state index contributed by atoms with van der Waals surface area (Å²) in [6, 6.07) is 8.68. The number of oxazole rings is 1. The van der Waals surface area contributed by atoms with Gasteiger partial charge in [-0.3, -0.25) is 14.5 Å². The molecule has 158 valence electrons. The number of likely N-dealkylation sites (N-methyl/N-ethyl adjacent to an activating group) is 1. The molecule has 0 spiro atoms. The maximum absolute atomic E-state index is 12.8. The van der Waals surface area contributed by atoms with Crippen molar-refractivity contribution in [1.82, 2.24) is 24.6 Å². The van der Waals surface area contributed by atoms with Crippen LogP contribution in [-0.4, -0.2) is 63.7 Å². The summed E-state index contributed by atoms with van der Waals surface area (Å²) in [6.07, 6.45) is 7.27. The van der Waals surface area contributed by atoms with E-state index in [-0.39, 0.29) is 12.2 Å². The van der Waals surface area contributed by atoms with Crippen LogP contribution < -0.4 is 4.90 Å². The monoisotopic (exact) mass is 416 g/mol. The Balaban J connectivity index is 1.33. The third-order valence-corrected chi connectivity index (χ3v) is 5.71. The Morgan fingerprint density at radius 1 is 1.03 bits per heavy atom. The zero-order chi connectivity index (χ0) is 21.4. The first-order chi connectivity index (χ1) is 15.0. The van der Waals surface area contributed by atoms with Crippen molar-refractivity contribution < 1.29 is 9.21 Å². The molecule has 1 aromatic carbocycles. The highest BCUT2D eigenvalue weighted by Gasteiger charge is 2.21. The van der Waals surface area contributed by atoms with Gasteiger partial charge in [0.25, 0.3) is 6.01 Å². The van der Waals surface area contributed by atoms with Crippen molar-refractivity contribution in [2.45, 2.75) is 6.42 Å². The number of benzene rings is 1. The highest BCUT2D eigenvalue weighted by molar-refractivity contribution is 5.96. The molecule has 31 heavy (non-hydrogen) atoms. The number of carbonyl (C=O) groups excluding carboxylic acids is 1. The molecule has 8 nitrogen and oxygen atoms in total. The molecule has 4 heterocycles. The summed E-state index contributed by atoms with van der Waals surface area (Å²) in [5, 5.41) is 6.31. The first kappa shape index (κ1) is 19.4. The molecule has 0 saturated carbocycles. The second-order valence-electron chi connectivity index (χ2n) is 8.05. The molecule has 0 radical (unpaired) electrons. The van der Waals surface area contributed by atoms with Crippen molar-refractivity contribution in [3.05, 3.63) is 60.5 Å². The molecule has 1 saturated heterocycles. The van der Waals surface area contributed by atoms with Crippen LogP contribution in [0.25, 0.3) is 21.9 Å². The van der Waals surface area contributed by atoms with Crippen LogP contribution in [0.1, 0.15) is 16.2 Å². The number of Topliss-reactive ketones (excluding diaryl/α,β-unsaturated/α-hetero) is 1. The third-order valence-electron chi connectivity index (χ3n) is 5.71. The van der Waals surface area contributed by atoms with Crippen molar-refractivity contribution in [1.29, 1.82) is 0 Å². The summed E-state index contributed by atoms with van der Waals surface area (Å²) in [4.78, 5) is 26.0. The van der Waals surface area contributed by atoms with E-state index in [1.807, 2.05) is 37.8 Å². The van der Waals surface area contributed by atoms with Gasteiger partial charge in [0, 0.05) is 62.3 Å². The van der Waals surface area contributed by atoms with Gasteiger partial charge in [0.2, 0.25) is 0 Å². The number of nitrogens with zero attached hydrogens (tertiary/aromatic N) is 6. The molecule has 3 aromatic heterocycles. The van der Waals surface area contributed by atoms with Gasteiger partial charge in [0.15, 0.2) is 5.78 Å². The van der Waals surface area contributed by atoms with Gasteiger partial charge < -0.3 is 14.2 Å². The SMILES string of the molecule is CN1CCN(c2nc(C(=O)Cc3cc4cc(-c5cnn(C)c5)ccc4cn3)co2)CC1. The summed E-state index contributed by atoms with van der Waals surface area (Å²) in [6.45, 7) is 3.59. The van der Waals surface area contributed by atoms with Crippen molar-refractivity contribution >= 4 is 22.6 Å². The number of aryl methyl sites for hydroxylation is 1. The van der Waals surface area contributed by atoms with Crippen LogP contribution in [-0.2, 0) is 13.5 Å². The molecular weight excluding hydrogens is 392 g/mol. The van der Waals surface area contributed by atoms with E-state index in [1.165, 1.54) is 6.26 Å². The Hall–Kier alpha value is -3.52. The fourth-order valence-electron chi connectivity index (χ4n) is 3.82. The number of fused-ring (bicyclic) bond motifs is 1. The number of hydrogen-bond donors (Lipinski definition) is 0. The van der Waals surface area contributed by atoms with Crippen molar-refractivity contribution in [2.75, 3.05) is 38.1 Å². The number of rotatable bonds is 5. The quantitative estimate of drug-likeness (QED) is 0.463. The largest absolute Gasteiger partial charge is 0.431 e. The standard InChI is InChI=1S/C23H24N6O2/c1-27-5-7-29(8-6-27)23-26-21(15-31-23)22(30)11-20-10-18-9-16(3-4-17(18)12-24-20)19-13-25-28(2)14-19/h3-4,9-10,12-15H,5-8,11H2,1-2H3. The summed E-state index contributed by atoms with van der Waals surface area (Å²) >= 11 is 0. The Kier molecular flexibility index (Phi) is 4.99. The van der Waals surface area contributed by atoms with Gasteiger partial charge in [-0.15, -0.1) is 0 Å². The molecule has 8 heteroatoms. The van der Waals surface area contributed by atoms with Gasteiger partial charge in [-0.25, -0.2) is 0 Å². The molecule has 0 bridgehead atoms. The van der Waals surface area contributed by atoms with Gasteiger partial charge in [0.1, 0.15) is 12.0 Å². The number of carbonyl (C=O) groups is 1. The maximum atomic E-state index is 12.8. The summed E-state index contributed by atoms with van der Waals surface area (Å²) in [5.41, 5.74) is 3.19. The smallest absolute Gasteiger partial charge is 0.297 e. The number of pyridine rings is 1. The summed E-state index contributed by atoms with van der Waals surface area (Å²) in [5.74, 6) is -0.0978. The van der Waals surface area contributed by atoms with Gasteiger partial charge in [-0.1, -0.05) is 12.1 Å². The zero-order valence-corrected chi connectivity index (χ0v) is 17.7. The van der Waals surface area contributed by atoms with E-state index in [2.05, 4.69) is 44.0 Å². The van der Waals surface area contributed by atoms with Crippen LogP contribution in [0.15, 0.2) is 53.5 Å². The molecule has 1 aliphatic rings. The van der Waals surface area contributed by atoms with Crippen LogP contribution in [0.5, 0.6) is 0 Å². The highest BCUT2D eigenvalue weighted by Crippen LogP contribution is 2.24. The molecule has 0 N–H and O–H groups in total. The minimum atomic E-state index is -0.0978. The van der Waals surface area contributed by atoms with Crippen LogP contribution in [0.2, 0.25) is 0 Å². The van der Waals surface area contributed by atoms with Crippen LogP contribution >= 0.6 is 0 Å². The Bertz CT molecular complexity index is 1240. The second-order valence-corrected chi connectivity index (χ2v) is 8.05. The van der Waals surface area contributed by atoms with E-state index in [0.717, 1.165) is 48.1 Å². The average molecular weight is 416 g/mol. The molecule has 0 atom stereocenters. The minimum Gasteiger partial charge on any atom is -0.431 e. The Labute approximate surface area is 180 Å². The Morgan fingerprint density at radius 3 is 2.65 bits per heavy atom. The van der Waals surface area contributed by atoms with E-state index < -0.39 is 0 Å². The number of aromatic nitrogens is 4. The van der Waals surface area contributed by atoms with E-state index in [0.29, 0.717) is 17.4 Å². The lowest BCUT2D eigenvalue weighted by Crippen LogP contribution is -2.44. The van der Waals surface area contributed by atoms with Crippen molar-refractivity contribution in [2.24, 2.45) is 7.05 Å². The number of piperazine rings is 1. The van der Waals surface area contributed by atoms with Gasteiger partial charge in [-0.2, -0.15) is 10.1 Å². The fraction of sp³-hybridized carbons (Fsp3) is 0.304. The summed E-state index contributed by atoms with van der Waals surface area (Å²) in [7, 11) is 4.00. The molecule has 1 aliphatic heterocycles. The molecule has 4 aromatic rings. The topological polar surface area (TPSA) is 80.3 Å². The van der Waals surface area contributed by atoms with Gasteiger partial charge >= 0.3 is 0 Å². The molecule has 0 aliphatic carbocycles. The molecular formula is C23H24N6O2. The lowest BCUT2D eigenvalue weighted by molar-refractivity contribution is 0.0987. The fourth-order valence-corrected chi connectivity index (χ4v) is 3.82. The Morgan fingerprint density at radius 2 is 1.87 bits per heavy atom. The predicted octanol–water partition coefficient (Wildman–Crippen LogP) is 2.80. The van der Waals surface area contributed by atoms with E-state index in [9.17, 15) is 4.79 Å². The average Bonchev–Trinajstić information content (AvgIpc) is 3.43. The van der Waals surface area contributed by atoms with E-state index in [4.69, 9.17) is 4.42 Å². The molecule has 5 rings (SSSR count). The first-order valence-corrected chi connectivity index (χ1v) is 10.3. The van der Waals surface area contributed by atoms with Crippen LogP contribution in [0.4, 0.5) is 6.01 Å². The van der Waals surface area contributed by atoms with Crippen molar-refractivity contribution in [3.8, 4) is 11.1 Å². The first-order valence-electron chi connectivity index (χ1n) is 10.3. The summed E-state index contributed by atoms with van der Waals surface area (Å²) < 4.78 is 7.36. The van der Waals surface area contributed by atoms with Crippen LogP contribution in [0.3, 0.4) is 0 Å². The highest BCUT2D eigenvalue weighted by atomic mass is 16.4. The van der Waals surface area contributed by atoms with E-state index >= 15 is 0 Å². The molecule has 0 unspecified atom stereocenters. The lowest BCUT2D eigenvalue weighted by Gasteiger charge is -2.31. The maximum Gasteiger partial charge on any atom is 0.297 e. The van der Waals surface area contributed by atoms with E-state index in [1.54, 1.807) is 4.68 Å². The lowest BCUT2D eigenvalue weighted by atomic mass is 10.0. The number of anilines is 1. The third kappa shape index (κ3) is 4.06. The van der Waals surface area contributed by atoms with Gasteiger partial charge in [-0.05, 0) is 30.1 Å². The number of ketones is 1. The predicted molar refractivity (Wildman–Crippen MR) is 118 cm³/mol. The number of hydrogen-bond acceptors (Lipinski definition) is 7. The van der Waals surface area contributed by atoms with Gasteiger partial charge in [0.05, 0.1) is 12.6 Å². The molecule has 0 amide bonds. The normalized spacial score (nSPS) is 15.0. The second kappa shape index (κ2) is 7.96. The minimum absolute atomic E-state index is 0.0978. The molecule has 1 fully saturated rings. The van der Waals surface area contributed by atoms with Crippen molar-refractivity contribution in [3.63, 3.8) is 0 Å². The van der Waals surface area contributed by atoms with Crippen LogP contribution in [0, 0.1) is 0 Å².